The van der Waals surface area contributed by atoms with Crippen LogP contribution in [0.3, 0.4) is 0 Å². The number of aliphatic carboxylic acids is 1. The zero-order valence-electron chi connectivity index (χ0n) is 19.4. The molecule has 0 aromatic carbocycles. The molecule has 0 aliphatic rings. The van der Waals surface area contributed by atoms with Crippen LogP contribution in [0.25, 0.3) is 0 Å². The fraction of sp³-hybridized carbons (Fsp3) is 0.920. The molecule has 0 radical (unpaired) electrons. The van der Waals surface area contributed by atoms with Crippen LogP contribution >= 0.6 is 0 Å². The van der Waals surface area contributed by atoms with Crippen LogP contribution in [0.5, 0.6) is 0 Å². The zero-order valence-corrected chi connectivity index (χ0v) is 19.4. The highest BCUT2D eigenvalue weighted by atomic mass is 16.6. The molecule has 0 aromatic heterocycles. The van der Waals surface area contributed by atoms with Crippen LogP contribution in [0.2, 0.25) is 0 Å². The zero-order chi connectivity index (χ0) is 21.6. The van der Waals surface area contributed by atoms with E-state index < -0.39 is 12.1 Å². The lowest BCUT2D eigenvalue weighted by Gasteiger charge is -2.13. The van der Waals surface area contributed by atoms with E-state index in [4.69, 9.17) is 4.74 Å². The maximum Gasteiger partial charge on any atom is 0.345 e. The molecule has 0 spiro atoms. The van der Waals surface area contributed by atoms with Gasteiger partial charge in [0.25, 0.3) is 0 Å². The summed E-state index contributed by atoms with van der Waals surface area (Å²) in [6.07, 6.45) is 21.3. The molecular formula is C25H48O4. The van der Waals surface area contributed by atoms with Gasteiger partial charge in [0.2, 0.25) is 0 Å². The van der Waals surface area contributed by atoms with Crippen molar-refractivity contribution in [2.75, 3.05) is 0 Å². The first-order chi connectivity index (χ1) is 14.1. The van der Waals surface area contributed by atoms with Crippen molar-refractivity contribution in [1.82, 2.24) is 0 Å². The topological polar surface area (TPSA) is 63.6 Å². The van der Waals surface area contributed by atoms with Crippen LogP contribution in [0.4, 0.5) is 0 Å². The number of carboxylic acids is 1. The van der Waals surface area contributed by atoms with Crippen molar-refractivity contribution in [2.45, 2.75) is 148 Å². The molecule has 0 saturated heterocycles. The Kier molecular flexibility index (Phi) is 20.9. The van der Waals surface area contributed by atoms with Crippen molar-refractivity contribution >= 4 is 11.9 Å². The summed E-state index contributed by atoms with van der Waals surface area (Å²) >= 11 is 0. The number of carboxylic acid groups (broad SMARTS) is 1. The van der Waals surface area contributed by atoms with Gasteiger partial charge in [-0.2, -0.15) is 0 Å². The molecule has 4 heteroatoms. The highest BCUT2D eigenvalue weighted by Gasteiger charge is 2.21. The van der Waals surface area contributed by atoms with Gasteiger partial charge in [-0.05, 0) is 19.3 Å². The normalized spacial score (nSPS) is 12.1. The predicted octanol–water partition coefficient (Wildman–Crippen LogP) is 7.82. The smallest absolute Gasteiger partial charge is 0.345 e. The summed E-state index contributed by atoms with van der Waals surface area (Å²) in [7, 11) is 0. The number of unbranched alkanes of at least 4 members (excludes halogenated alkanes) is 16. The van der Waals surface area contributed by atoms with E-state index in [1.54, 1.807) is 0 Å². The largest absolute Gasteiger partial charge is 0.479 e. The fourth-order valence-corrected chi connectivity index (χ4v) is 3.67. The number of hydrogen-bond donors (Lipinski definition) is 1. The van der Waals surface area contributed by atoms with Crippen molar-refractivity contribution in [2.24, 2.45) is 0 Å². The maximum atomic E-state index is 11.9. The van der Waals surface area contributed by atoms with E-state index in [1.165, 1.54) is 77.0 Å². The maximum absolute atomic E-state index is 11.9. The summed E-state index contributed by atoms with van der Waals surface area (Å²) < 4.78 is 5.22. The third-order valence-corrected chi connectivity index (χ3v) is 5.60. The molecule has 172 valence electrons. The Hall–Kier alpha value is -1.06. The number of hydrogen-bond acceptors (Lipinski definition) is 3. The molecule has 0 aliphatic carbocycles. The lowest BCUT2D eigenvalue weighted by Crippen LogP contribution is -2.27. The van der Waals surface area contributed by atoms with Gasteiger partial charge in [-0.25, -0.2) is 4.79 Å². The average Bonchev–Trinajstić information content (AvgIpc) is 2.70. The second kappa shape index (κ2) is 21.6. The molecular weight excluding hydrogens is 364 g/mol. The van der Waals surface area contributed by atoms with Crippen molar-refractivity contribution in [1.29, 1.82) is 0 Å². The third kappa shape index (κ3) is 20.0. The molecule has 0 amide bonds. The summed E-state index contributed by atoms with van der Waals surface area (Å²) in [6, 6.07) is 0. The monoisotopic (exact) mass is 412 g/mol. The Balaban J connectivity index is 3.64. The minimum Gasteiger partial charge on any atom is -0.479 e. The number of esters is 1. The first-order valence-electron chi connectivity index (χ1n) is 12.5. The van der Waals surface area contributed by atoms with Gasteiger partial charge in [-0.1, -0.05) is 117 Å². The van der Waals surface area contributed by atoms with E-state index in [2.05, 4.69) is 13.8 Å². The molecule has 0 aliphatic heterocycles. The first kappa shape index (κ1) is 27.9. The van der Waals surface area contributed by atoms with Crippen LogP contribution in [0.15, 0.2) is 0 Å². The summed E-state index contributed by atoms with van der Waals surface area (Å²) in [4.78, 5) is 23.3. The van der Waals surface area contributed by atoms with Gasteiger partial charge < -0.3 is 9.84 Å². The van der Waals surface area contributed by atoms with Gasteiger partial charge in [-0.15, -0.1) is 0 Å². The Morgan fingerprint density at radius 2 is 1.00 bits per heavy atom. The molecule has 0 aromatic rings. The SMILES string of the molecule is CCCCCCCCCCCCC(=O)OC(CCCCCCCCCC)C(=O)O. The molecule has 0 rings (SSSR count). The molecule has 0 saturated carbocycles. The average molecular weight is 413 g/mol. The van der Waals surface area contributed by atoms with E-state index >= 15 is 0 Å². The van der Waals surface area contributed by atoms with E-state index in [9.17, 15) is 14.7 Å². The van der Waals surface area contributed by atoms with Crippen molar-refractivity contribution < 1.29 is 19.4 Å². The van der Waals surface area contributed by atoms with E-state index in [1.807, 2.05) is 0 Å². The van der Waals surface area contributed by atoms with Gasteiger partial charge in [0.1, 0.15) is 0 Å². The summed E-state index contributed by atoms with van der Waals surface area (Å²) in [5.41, 5.74) is 0. The highest BCUT2D eigenvalue weighted by Crippen LogP contribution is 2.14. The van der Waals surface area contributed by atoms with Crippen molar-refractivity contribution in [3.8, 4) is 0 Å². The van der Waals surface area contributed by atoms with Gasteiger partial charge in [0.05, 0.1) is 0 Å². The summed E-state index contributed by atoms with van der Waals surface area (Å²) in [6.45, 7) is 4.45. The quantitative estimate of drug-likeness (QED) is 0.145. The van der Waals surface area contributed by atoms with Crippen LogP contribution < -0.4 is 0 Å². The molecule has 4 nitrogen and oxygen atoms in total. The van der Waals surface area contributed by atoms with Gasteiger partial charge in [0.15, 0.2) is 6.10 Å². The number of rotatable bonds is 22. The summed E-state index contributed by atoms with van der Waals surface area (Å²) in [5.74, 6) is -1.36. The third-order valence-electron chi connectivity index (χ3n) is 5.60. The molecule has 0 fully saturated rings. The Morgan fingerprint density at radius 1 is 0.621 bits per heavy atom. The Morgan fingerprint density at radius 3 is 1.41 bits per heavy atom. The molecule has 1 unspecified atom stereocenters. The van der Waals surface area contributed by atoms with Crippen LogP contribution in [0.1, 0.15) is 142 Å². The molecule has 29 heavy (non-hydrogen) atoms. The molecule has 0 bridgehead atoms. The second-order valence-electron chi connectivity index (χ2n) is 8.51. The highest BCUT2D eigenvalue weighted by molar-refractivity contribution is 5.77. The van der Waals surface area contributed by atoms with E-state index in [0.29, 0.717) is 12.8 Å². The van der Waals surface area contributed by atoms with Crippen LogP contribution in [-0.4, -0.2) is 23.1 Å². The van der Waals surface area contributed by atoms with Crippen molar-refractivity contribution in [3.63, 3.8) is 0 Å². The lowest BCUT2D eigenvalue weighted by molar-refractivity contribution is -0.164. The van der Waals surface area contributed by atoms with Gasteiger partial charge in [-0.3, -0.25) is 4.79 Å². The fourth-order valence-electron chi connectivity index (χ4n) is 3.67. The number of carbonyl (C=O) groups is 2. The molecule has 1 atom stereocenters. The first-order valence-corrected chi connectivity index (χ1v) is 12.5. The number of carbonyl (C=O) groups excluding carboxylic acids is 1. The lowest BCUT2D eigenvalue weighted by atomic mass is 10.1. The van der Waals surface area contributed by atoms with Gasteiger partial charge in [0, 0.05) is 6.42 Å². The summed E-state index contributed by atoms with van der Waals surface area (Å²) in [5, 5.41) is 9.29. The minimum atomic E-state index is -1.01. The Bertz CT molecular complexity index is 381. The predicted molar refractivity (Wildman–Crippen MR) is 121 cm³/mol. The van der Waals surface area contributed by atoms with E-state index in [0.717, 1.165) is 38.5 Å². The molecule has 1 N–H and O–H groups in total. The van der Waals surface area contributed by atoms with Gasteiger partial charge >= 0.3 is 11.9 Å². The van der Waals surface area contributed by atoms with Crippen LogP contribution in [-0.2, 0) is 14.3 Å². The van der Waals surface area contributed by atoms with E-state index in [-0.39, 0.29) is 5.97 Å². The second-order valence-corrected chi connectivity index (χ2v) is 8.51. The molecule has 0 heterocycles. The van der Waals surface area contributed by atoms with Crippen molar-refractivity contribution in [3.05, 3.63) is 0 Å². The van der Waals surface area contributed by atoms with Crippen LogP contribution in [0, 0.1) is 0 Å². The minimum absolute atomic E-state index is 0.345. The number of ether oxygens (including phenoxy) is 1. The Labute approximate surface area is 180 Å². The standard InChI is InChI=1S/C25H48O4/c1-3-5-7-9-11-13-14-16-18-20-22-24(26)29-23(25(27)28)21-19-17-15-12-10-8-6-4-2/h23H,3-22H2,1-2H3,(H,27,28).